The van der Waals surface area contributed by atoms with E-state index in [1.807, 2.05) is 24.0 Å². The molecule has 2 heterocycles. The molecular weight excluding hydrogens is 454 g/mol. The number of piperazine rings is 1. The molecule has 0 spiro atoms. The third-order valence-corrected chi connectivity index (χ3v) is 8.90. The van der Waals surface area contributed by atoms with E-state index in [4.69, 9.17) is 16.6 Å². The summed E-state index contributed by atoms with van der Waals surface area (Å²) < 4.78 is 25.0. The van der Waals surface area contributed by atoms with Crippen LogP contribution in [0.5, 0.6) is 0 Å². The Bertz CT molecular complexity index is 1210. The number of rotatable bonds is 5. The van der Waals surface area contributed by atoms with Gasteiger partial charge in [-0.1, -0.05) is 42.0 Å². The first-order valence-electron chi connectivity index (χ1n) is 10.2. The molecule has 31 heavy (non-hydrogen) atoms. The Balaban J connectivity index is 1.37. The van der Waals surface area contributed by atoms with E-state index in [0.717, 1.165) is 44.6 Å². The van der Waals surface area contributed by atoms with Crippen LogP contribution < -0.4 is 4.90 Å². The zero-order valence-electron chi connectivity index (χ0n) is 17.5. The number of aromatic nitrogens is 1. The number of benzene rings is 2. The predicted molar refractivity (Wildman–Crippen MR) is 126 cm³/mol. The van der Waals surface area contributed by atoms with Crippen LogP contribution >= 0.6 is 22.9 Å². The number of fused-ring (bicyclic) bond motifs is 1. The van der Waals surface area contributed by atoms with Crippen molar-refractivity contribution in [2.75, 3.05) is 36.8 Å². The number of carbonyl (C=O) groups excluding carboxylic acids is 1. The monoisotopic (exact) mass is 477 g/mol. The second-order valence-corrected chi connectivity index (χ2v) is 11.3. The smallest absolute Gasteiger partial charge is 0.227 e. The molecule has 0 saturated carbocycles. The molecule has 1 aliphatic heterocycles. The Labute approximate surface area is 191 Å². The summed E-state index contributed by atoms with van der Waals surface area (Å²) in [6, 6.07) is 10.5. The lowest BCUT2D eigenvalue weighted by Gasteiger charge is -2.34. The second kappa shape index (κ2) is 8.76. The van der Waals surface area contributed by atoms with Gasteiger partial charge in [0.25, 0.3) is 0 Å². The number of hydrogen-bond acceptors (Lipinski definition) is 6. The van der Waals surface area contributed by atoms with Gasteiger partial charge in [-0.25, -0.2) is 13.4 Å². The van der Waals surface area contributed by atoms with E-state index in [1.165, 1.54) is 0 Å². The first kappa shape index (κ1) is 22.0. The molecule has 0 bridgehead atoms. The van der Waals surface area contributed by atoms with Crippen molar-refractivity contribution in [3.05, 3.63) is 52.5 Å². The van der Waals surface area contributed by atoms with Crippen LogP contribution in [-0.2, 0) is 21.1 Å². The highest BCUT2D eigenvalue weighted by Gasteiger charge is 2.24. The normalized spacial score (nSPS) is 14.9. The fraction of sp³-hybridized carbons (Fsp3) is 0.364. The van der Waals surface area contributed by atoms with Crippen LogP contribution in [0.4, 0.5) is 5.13 Å². The van der Waals surface area contributed by atoms with Crippen molar-refractivity contribution in [2.45, 2.75) is 25.2 Å². The lowest BCUT2D eigenvalue weighted by Crippen LogP contribution is -2.49. The number of halogens is 1. The molecule has 2 aromatic carbocycles. The molecule has 1 amide bonds. The summed E-state index contributed by atoms with van der Waals surface area (Å²) in [4.78, 5) is 21.9. The van der Waals surface area contributed by atoms with Crippen molar-refractivity contribution in [3.63, 3.8) is 0 Å². The Morgan fingerprint density at radius 3 is 2.42 bits per heavy atom. The molecule has 9 heteroatoms. The zero-order valence-corrected chi connectivity index (χ0v) is 19.9. The second-order valence-electron chi connectivity index (χ2n) is 7.61. The summed E-state index contributed by atoms with van der Waals surface area (Å²) >= 11 is 7.87. The van der Waals surface area contributed by atoms with Gasteiger partial charge in [0.05, 0.1) is 27.3 Å². The summed E-state index contributed by atoms with van der Waals surface area (Å²) in [6.45, 7) is 6.33. The van der Waals surface area contributed by atoms with E-state index in [1.54, 1.807) is 42.5 Å². The zero-order chi connectivity index (χ0) is 22.2. The van der Waals surface area contributed by atoms with Gasteiger partial charge in [-0.05, 0) is 42.3 Å². The average Bonchev–Trinajstić information content (AvgIpc) is 3.22. The van der Waals surface area contributed by atoms with Crippen LogP contribution in [0.1, 0.15) is 18.1 Å². The van der Waals surface area contributed by atoms with E-state index in [9.17, 15) is 13.2 Å². The summed E-state index contributed by atoms with van der Waals surface area (Å²) in [5.41, 5.74) is 2.76. The molecule has 1 aromatic heterocycles. The number of aryl methyl sites for hydroxylation is 1. The lowest BCUT2D eigenvalue weighted by molar-refractivity contribution is -0.130. The van der Waals surface area contributed by atoms with Crippen molar-refractivity contribution in [1.82, 2.24) is 9.88 Å². The largest absolute Gasteiger partial charge is 0.345 e. The molecular formula is C22H24ClN3O3S2. The standard InChI is InChI=1S/C22H24ClN3O3S2/c1-3-31(28,29)17-6-4-16(5-7-17)14-20(27)25-10-12-26(13-11-25)22-24-21-15(2)18(23)8-9-19(21)30-22/h4-9H,3,10-14H2,1-2H3. The SMILES string of the molecule is CCS(=O)(=O)c1ccc(CC(=O)N2CCN(c3nc4c(C)c(Cl)ccc4s3)CC2)cc1. The molecule has 3 aromatic rings. The molecule has 0 aliphatic carbocycles. The van der Waals surface area contributed by atoms with Gasteiger partial charge in [0, 0.05) is 31.2 Å². The number of amides is 1. The van der Waals surface area contributed by atoms with Crippen LogP contribution in [0.25, 0.3) is 10.2 Å². The first-order valence-corrected chi connectivity index (χ1v) is 13.0. The number of thiazole rings is 1. The van der Waals surface area contributed by atoms with Gasteiger partial charge in [0.1, 0.15) is 0 Å². The van der Waals surface area contributed by atoms with Crippen LogP contribution in [0, 0.1) is 6.92 Å². The molecule has 0 unspecified atom stereocenters. The topological polar surface area (TPSA) is 70.6 Å². The Morgan fingerprint density at radius 2 is 1.77 bits per heavy atom. The highest BCUT2D eigenvalue weighted by molar-refractivity contribution is 7.91. The van der Waals surface area contributed by atoms with Gasteiger partial charge in [0.15, 0.2) is 15.0 Å². The maximum absolute atomic E-state index is 12.7. The van der Waals surface area contributed by atoms with Crippen molar-refractivity contribution < 1.29 is 13.2 Å². The van der Waals surface area contributed by atoms with Gasteiger partial charge >= 0.3 is 0 Å². The first-order chi connectivity index (χ1) is 14.8. The Morgan fingerprint density at radius 1 is 1.10 bits per heavy atom. The average molecular weight is 478 g/mol. The van der Waals surface area contributed by atoms with Gasteiger partial charge < -0.3 is 9.80 Å². The maximum Gasteiger partial charge on any atom is 0.227 e. The molecule has 0 atom stereocenters. The summed E-state index contributed by atoms with van der Waals surface area (Å²) in [5.74, 6) is 0.120. The van der Waals surface area contributed by atoms with E-state index >= 15 is 0 Å². The van der Waals surface area contributed by atoms with E-state index < -0.39 is 9.84 Å². The Hall–Kier alpha value is -2.16. The van der Waals surface area contributed by atoms with Gasteiger partial charge in [-0.3, -0.25) is 4.79 Å². The van der Waals surface area contributed by atoms with Crippen molar-refractivity contribution in [2.24, 2.45) is 0 Å². The molecule has 1 saturated heterocycles. The van der Waals surface area contributed by atoms with Crippen molar-refractivity contribution in [3.8, 4) is 0 Å². The van der Waals surface area contributed by atoms with E-state index in [2.05, 4.69) is 4.90 Å². The minimum absolute atomic E-state index is 0.0534. The fourth-order valence-electron chi connectivity index (χ4n) is 3.64. The number of nitrogens with zero attached hydrogens (tertiary/aromatic N) is 3. The maximum atomic E-state index is 12.7. The minimum Gasteiger partial charge on any atom is -0.345 e. The summed E-state index contributed by atoms with van der Waals surface area (Å²) in [7, 11) is -3.22. The molecule has 164 valence electrons. The fourth-order valence-corrected chi connectivity index (χ4v) is 5.75. The van der Waals surface area contributed by atoms with Crippen LogP contribution in [0.15, 0.2) is 41.3 Å². The third-order valence-electron chi connectivity index (χ3n) is 5.66. The predicted octanol–water partition coefficient (Wildman–Crippen LogP) is 3.94. The van der Waals surface area contributed by atoms with Gasteiger partial charge in [-0.15, -0.1) is 0 Å². The molecule has 0 N–H and O–H groups in total. The van der Waals surface area contributed by atoms with Crippen molar-refractivity contribution >= 4 is 54.0 Å². The number of anilines is 1. The Kier molecular flexibility index (Phi) is 6.23. The quantitative estimate of drug-likeness (QED) is 0.556. The van der Waals surface area contributed by atoms with E-state index in [-0.39, 0.29) is 18.1 Å². The highest BCUT2D eigenvalue weighted by Crippen LogP contribution is 2.33. The number of hydrogen-bond donors (Lipinski definition) is 0. The number of carbonyl (C=O) groups is 1. The van der Waals surface area contributed by atoms with E-state index in [0.29, 0.717) is 18.0 Å². The van der Waals surface area contributed by atoms with Crippen molar-refractivity contribution in [1.29, 1.82) is 0 Å². The van der Waals surface area contributed by atoms with Crippen LogP contribution in [-0.4, -0.2) is 56.1 Å². The third kappa shape index (κ3) is 4.56. The summed E-state index contributed by atoms with van der Waals surface area (Å²) in [5, 5.41) is 1.68. The van der Waals surface area contributed by atoms with Gasteiger partial charge in [-0.2, -0.15) is 0 Å². The lowest BCUT2D eigenvalue weighted by atomic mass is 10.1. The van der Waals surface area contributed by atoms with Gasteiger partial charge in [0.2, 0.25) is 5.91 Å². The molecule has 1 aliphatic rings. The molecule has 0 radical (unpaired) electrons. The molecule has 6 nitrogen and oxygen atoms in total. The molecule has 4 rings (SSSR count). The number of sulfone groups is 1. The summed E-state index contributed by atoms with van der Waals surface area (Å²) in [6.07, 6.45) is 0.269. The van der Waals surface area contributed by atoms with Crippen LogP contribution in [0.3, 0.4) is 0 Å². The minimum atomic E-state index is -3.22. The van der Waals surface area contributed by atoms with Crippen LogP contribution in [0.2, 0.25) is 5.02 Å². The highest BCUT2D eigenvalue weighted by atomic mass is 35.5. The molecule has 1 fully saturated rings.